The maximum absolute atomic E-state index is 13.2. The summed E-state index contributed by atoms with van der Waals surface area (Å²) in [4.78, 5) is 29.1. The number of benzene rings is 1. The predicted molar refractivity (Wildman–Crippen MR) is 103 cm³/mol. The van der Waals surface area contributed by atoms with Crippen LogP contribution in [0.15, 0.2) is 24.3 Å². The SMILES string of the molecule is CCN(Cc1ccccc1C#N)C(=O)[C@@H]1CCCCN1C(=O)OC(C)(C)C. The molecule has 1 aliphatic rings. The van der Waals surface area contributed by atoms with E-state index in [2.05, 4.69) is 6.07 Å². The number of piperidine rings is 1. The van der Waals surface area contributed by atoms with Crippen molar-refractivity contribution in [1.82, 2.24) is 9.80 Å². The van der Waals surface area contributed by atoms with E-state index in [-0.39, 0.29) is 5.91 Å². The third kappa shape index (κ3) is 5.46. The van der Waals surface area contributed by atoms with Crippen molar-refractivity contribution in [3.63, 3.8) is 0 Å². The molecule has 1 aromatic carbocycles. The van der Waals surface area contributed by atoms with Crippen molar-refractivity contribution < 1.29 is 14.3 Å². The van der Waals surface area contributed by atoms with Crippen molar-refractivity contribution in [2.45, 2.75) is 65.1 Å². The van der Waals surface area contributed by atoms with E-state index >= 15 is 0 Å². The van der Waals surface area contributed by atoms with Gasteiger partial charge in [0, 0.05) is 19.6 Å². The van der Waals surface area contributed by atoms with Crippen molar-refractivity contribution in [2.75, 3.05) is 13.1 Å². The lowest BCUT2D eigenvalue weighted by atomic mass is 10.0. The summed E-state index contributed by atoms with van der Waals surface area (Å²) in [5.41, 5.74) is 0.782. The van der Waals surface area contributed by atoms with E-state index in [9.17, 15) is 14.9 Å². The predicted octanol–water partition coefficient (Wildman–Crippen LogP) is 3.70. The quantitative estimate of drug-likeness (QED) is 0.809. The number of carbonyl (C=O) groups is 2. The molecule has 2 amide bonds. The van der Waals surface area contributed by atoms with Gasteiger partial charge < -0.3 is 9.64 Å². The minimum absolute atomic E-state index is 0.0872. The van der Waals surface area contributed by atoms with Gasteiger partial charge in [-0.15, -0.1) is 0 Å². The zero-order valence-electron chi connectivity index (χ0n) is 16.7. The van der Waals surface area contributed by atoms with E-state index in [4.69, 9.17) is 4.74 Å². The summed E-state index contributed by atoms with van der Waals surface area (Å²) in [6.45, 7) is 8.77. The van der Waals surface area contributed by atoms with E-state index in [1.54, 1.807) is 15.9 Å². The first-order valence-electron chi connectivity index (χ1n) is 9.53. The normalized spacial score (nSPS) is 17.1. The van der Waals surface area contributed by atoms with Crippen LogP contribution < -0.4 is 0 Å². The molecule has 1 aliphatic heterocycles. The number of ether oxygens (including phenoxy) is 1. The summed E-state index contributed by atoms with van der Waals surface area (Å²) >= 11 is 0. The molecule has 146 valence electrons. The Hall–Kier alpha value is -2.55. The maximum Gasteiger partial charge on any atom is 0.410 e. The molecule has 0 saturated carbocycles. The smallest absolute Gasteiger partial charge is 0.410 e. The topological polar surface area (TPSA) is 73.6 Å². The van der Waals surface area contributed by atoms with E-state index in [1.807, 2.05) is 45.9 Å². The van der Waals surface area contributed by atoms with Crippen LogP contribution in [-0.4, -0.2) is 46.5 Å². The monoisotopic (exact) mass is 371 g/mol. The molecular formula is C21H29N3O3. The molecule has 1 saturated heterocycles. The van der Waals surface area contributed by atoms with Crippen molar-refractivity contribution in [3.8, 4) is 6.07 Å². The van der Waals surface area contributed by atoms with Crippen LogP contribution in [0, 0.1) is 11.3 Å². The molecule has 0 N–H and O–H groups in total. The van der Waals surface area contributed by atoms with Gasteiger partial charge in [-0.25, -0.2) is 4.79 Å². The molecule has 0 unspecified atom stereocenters. The number of nitrogens with zero attached hydrogens (tertiary/aromatic N) is 3. The van der Waals surface area contributed by atoms with Crippen LogP contribution in [-0.2, 0) is 16.1 Å². The molecule has 6 nitrogen and oxygen atoms in total. The first-order chi connectivity index (χ1) is 12.8. The maximum atomic E-state index is 13.2. The van der Waals surface area contributed by atoms with Crippen LogP contribution in [0.2, 0.25) is 0 Å². The number of nitriles is 1. The lowest BCUT2D eigenvalue weighted by molar-refractivity contribution is -0.138. The molecule has 1 aromatic rings. The van der Waals surface area contributed by atoms with E-state index < -0.39 is 17.7 Å². The third-order valence-corrected chi connectivity index (χ3v) is 4.61. The first kappa shape index (κ1) is 20.8. The summed E-state index contributed by atoms with van der Waals surface area (Å²) in [5, 5.41) is 9.29. The zero-order valence-corrected chi connectivity index (χ0v) is 16.7. The molecule has 0 spiro atoms. The van der Waals surface area contributed by atoms with E-state index in [1.165, 1.54) is 0 Å². The van der Waals surface area contributed by atoms with Crippen molar-refractivity contribution >= 4 is 12.0 Å². The number of hydrogen-bond acceptors (Lipinski definition) is 4. The highest BCUT2D eigenvalue weighted by molar-refractivity contribution is 5.86. The number of likely N-dealkylation sites (N-methyl/N-ethyl adjacent to an activating group) is 1. The van der Waals surface area contributed by atoms with Crippen molar-refractivity contribution in [1.29, 1.82) is 5.26 Å². The third-order valence-electron chi connectivity index (χ3n) is 4.61. The largest absolute Gasteiger partial charge is 0.444 e. The number of amides is 2. The Bertz CT molecular complexity index is 718. The van der Waals surface area contributed by atoms with Crippen molar-refractivity contribution in [3.05, 3.63) is 35.4 Å². The minimum atomic E-state index is -0.599. The number of rotatable bonds is 4. The van der Waals surface area contributed by atoms with Gasteiger partial charge in [0.05, 0.1) is 11.6 Å². The van der Waals surface area contributed by atoms with Gasteiger partial charge in [0.25, 0.3) is 0 Å². The molecule has 0 aliphatic carbocycles. The Balaban J connectivity index is 2.18. The lowest BCUT2D eigenvalue weighted by Crippen LogP contribution is -2.53. The van der Waals surface area contributed by atoms with Crippen LogP contribution in [0.25, 0.3) is 0 Å². The van der Waals surface area contributed by atoms with Gasteiger partial charge in [0.2, 0.25) is 5.91 Å². The molecule has 0 bridgehead atoms. The number of likely N-dealkylation sites (tertiary alicyclic amines) is 1. The Labute approximate surface area is 161 Å². The second kappa shape index (κ2) is 8.90. The van der Waals surface area contributed by atoms with Crippen LogP contribution in [0.4, 0.5) is 4.79 Å². The second-order valence-electron chi connectivity index (χ2n) is 7.81. The van der Waals surface area contributed by atoms with Crippen LogP contribution >= 0.6 is 0 Å². The summed E-state index contributed by atoms with van der Waals surface area (Å²) in [6, 6.07) is 8.95. The highest BCUT2D eigenvalue weighted by Gasteiger charge is 2.36. The fourth-order valence-electron chi connectivity index (χ4n) is 3.26. The summed E-state index contributed by atoms with van der Waals surface area (Å²) < 4.78 is 5.50. The second-order valence-corrected chi connectivity index (χ2v) is 7.81. The molecular weight excluding hydrogens is 342 g/mol. The molecule has 1 fully saturated rings. The van der Waals surface area contributed by atoms with E-state index in [0.29, 0.717) is 31.6 Å². The minimum Gasteiger partial charge on any atom is -0.444 e. The summed E-state index contributed by atoms with van der Waals surface area (Å²) in [7, 11) is 0. The number of hydrogen-bond donors (Lipinski definition) is 0. The highest BCUT2D eigenvalue weighted by Crippen LogP contribution is 2.23. The Morgan fingerprint density at radius 2 is 2.00 bits per heavy atom. The van der Waals surface area contributed by atoms with Gasteiger partial charge in [0.1, 0.15) is 11.6 Å². The Kier molecular flexibility index (Phi) is 6.84. The first-order valence-corrected chi connectivity index (χ1v) is 9.53. The van der Waals surface area contributed by atoms with Crippen LogP contribution in [0.1, 0.15) is 58.1 Å². The zero-order chi connectivity index (χ0) is 20.0. The summed E-state index contributed by atoms with van der Waals surface area (Å²) in [5.74, 6) is -0.0872. The summed E-state index contributed by atoms with van der Waals surface area (Å²) in [6.07, 6.45) is 1.97. The lowest BCUT2D eigenvalue weighted by Gasteiger charge is -2.38. The van der Waals surface area contributed by atoms with Crippen LogP contribution in [0.3, 0.4) is 0 Å². The van der Waals surface area contributed by atoms with Gasteiger partial charge in [-0.3, -0.25) is 9.69 Å². The molecule has 6 heteroatoms. The Morgan fingerprint density at radius 1 is 1.30 bits per heavy atom. The van der Waals surface area contributed by atoms with E-state index in [0.717, 1.165) is 18.4 Å². The highest BCUT2D eigenvalue weighted by atomic mass is 16.6. The average molecular weight is 371 g/mol. The van der Waals surface area contributed by atoms with Crippen LogP contribution in [0.5, 0.6) is 0 Å². The van der Waals surface area contributed by atoms with Gasteiger partial charge in [-0.2, -0.15) is 5.26 Å². The molecule has 1 atom stereocenters. The molecule has 0 aromatic heterocycles. The molecule has 1 heterocycles. The van der Waals surface area contributed by atoms with Gasteiger partial charge in [-0.05, 0) is 58.6 Å². The fourth-order valence-corrected chi connectivity index (χ4v) is 3.26. The molecule has 27 heavy (non-hydrogen) atoms. The van der Waals surface area contributed by atoms with Gasteiger partial charge in [0.15, 0.2) is 0 Å². The standard InChI is InChI=1S/C21H29N3O3/c1-5-23(15-17-11-7-6-10-16(17)14-22)19(25)18-12-8-9-13-24(18)20(26)27-21(2,3)4/h6-7,10-11,18H,5,8-9,12-13,15H2,1-4H3/t18-/m0/s1. The molecule has 0 radical (unpaired) electrons. The number of carbonyl (C=O) groups excluding carboxylic acids is 2. The Morgan fingerprint density at radius 3 is 2.63 bits per heavy atom. The van der Waals surface area contributed by atoms with Crippen molar-refractivity contribution in [2.24, 2.45) is 0 Å². The fraction of sp³-hybridized carbons (Fsp3) is 0.571. The van der Waals surface area contributed by atoms with Gasteiger partial charge in [-0.1, -0.05) is 18.2 Å². The molecule has 2 rings (SSSR count). The average Bonchev–Trinajstić information content (AvgIpc) is 2.64. The van der Waals surface area contributed by atoms with Gasteiger partial charge >= 0.3 is 6.09 Å².